The van der Waals surface area contributed by atoms with Crippen LogP contribution in [0, 0.1) is 0 Å². The van der Waals surface area contributed by atoms with Gasteiger partial charge in [0.25, 0.3) is 0 Å². The van der Waals surface area contributed by atoms with E-state index < -0.39 is 0 Å². The summed E-state index contributed by atoms with van der Waals surface area (Å²) in [4.78, 5) is 22.5. The van der Waals surface area contributed by atoms with Crippen molar-refractivity contribution in [2.75, 3.05) is 20.4 Å². The third kappa shape index (κ3) is 1.24. The summed E-state index contributed by atoms with van der Waals surface area (Å²) >= 11 is 0. The molecule has 0 aromatic rings. The number of hydrogen-bond donors (Lipinski definition) is 1. The molecule has 0 atom stereocenters. The topological polar surface area (TPSA) is 58.6 Å². The number of ether oxygens (including phenoxy) is 1. The molecule has 10 heavy (non-hydrogen) atoms. The van der Waals surface area contributed by atoms with E-state index in [1.54, 1.807) is 0 Å². The Balaban J connectivity index is 2.46. The molecular formula is C5H8N2O3. The maximum atomic E-state index is 10.7. The second-order valence-electron chi connectivity index (χ2n) is 1.97. The molecule has 0 radical (unpaired) electrons. The van der Waals surface area contributed by atoms with Gasteiger partial charge in [0.1, 0.15) is 13.3 Å². The van der Waals surface area contributed by atoms with Crippen LogP contribution in [0.2, 0.25) is 0 Å². The minimum atomic E-state index is -0.383. The zero-order valence-corrected chi connectivity index (χ0v) is 5.59. The first kappa shape index (κ1) is 7.01. The average Bonchev–Trinajstić information content (AvgIpc) is 2.13. The molecular weight excluding hydrogens is 136 g/mol. The molecule has 0 aromatic heterocycles. The van der Waals surface area contributed by atoms with Crippen molar-refractivity contribution in [1.29, 1.82) is 0 Å². The molecule has 1 fully saturated rings. The van der Waals surface area contributed by atoms with Crippen LogP contribution >= 0.6 is 0 Å². The molecule has 1 rings (SSSR count). The van der Waals surface area contributed by atoms with Gasteiger partial charge >= 0.3 is 6.03 Å². The molecule has 5 nitrogen and oxygen atoms in total. The van der Waals surface area contributed by atoms with E-state index in [0.717, 1.165) is 0 Å². The molecule has 0 aromatic carbocycles. The van der Waals surface area contributed by atoms with Crippen molar-refractivity contribution in [3.63, 3.8) is 0 Å². The Hall–Kier alpha value is -1.10. The predicted molar refractivity (Wildman–Crippen MR) is 32.1 cm³/mol. The number of urea groups is 1. The van der Waals surface area contributed by atoms with Gasteiger partial charge < -0.3 is 4.74 Å². The first-order chi connectivity index (χ1) is 4.74. The van der Waals surface area contributed by atoms with Crippen LogP contribution in [-0.4, -0.2) is 37.2 Å². The molecule has 1 N–H and O–H groups in total. The number of rotatable bonds is 2. The van der Waals surface area contributed by atoms with Gasteiger partial charge in [-0.3, -0.25) is 15.0 Å². The molecule has 3 amide bonds. The van der Waals surface area contributed by atoms with Crippen molar-refractivity contribution in [2.24, 2.45) is 0 Å². The Labute approximate surface area is 57.9 Å². The summed E-state index contributed by atoms with van der Waals surface area (Å²) in [5.41, 5.74) is 0. The maximum Gasteiger partial charge on any atom is 0.326 e. The number of nitrogens with one attached hydrogen (secondary N) is 1. The van der Waals surface area contributed by atoms with E-state index in [9.17, 15) is 9.59 Å². The lowest BCUT2D eigenvalue weighted by Crippen LogP contribution is -2.29. The van der Waals surface area contributed by atoms with Gasteiger partial charge in [0.15, 0.2) is 0 Å². The third-order valence-electron chi connectivity index (χ3n) is 1.15. The summed E-state index contributed by atoms with van der Waals surface area (Å²) in [6, 6.07) is -0.383. The van der Waals surface area contributed by atoms with Crippen LogP contribution in [0.3, 0.4) is 0 Å². The van der Waals surface area contributed by atoms with Crippen LogP contribution in [-0.2, 0) is 9.53 Å². The molecule has 5 heteroatoms. The molecule has 1 aliphatic heterocycles. The highest BCUT2D eigenvalue weighted by molar-refractivity contribution is 6.01. The number of methoxy groups -OCH3 is 1. The second-order valence-corrected chi connectivity index (χ2v) is 1.97. The first-order valence-electron chi connectivity index (χ1n) is 2.81. The Morgan fingerprint density at radius 2 is 2.40 bits per heavy atom. The molecule has 0 saturated carbocycles. The summed E-state index contributed by atoms with van der Waals surface area (Å²) in [5.74, 6) is -0.276. The minimum Gasteiger partial charge on any atom is -0.364 e. The van der Waals surface area contributed by atoms with Crippen LogP contribution in [0.15, 0.2) is 0 Å². The van der Waals surface area contributed by atoms with E-state index in [2.05, 4.69) is 10.1 Å². The molecule has 1 aliphatic rings. The van der Waals surface area contributed by atoms with Crippen molar-refractivity contribution in [1.82, 2.24) is 10.2 Å². The molecule has 1 saturated heterocycles. The smallest absolute Gasteiger partial charge is 0.326 e. The summed E-state index contributed by atoms with van der Waals surface area (Å²) < 4.78 is 4.66. The highest BCUT2D eigenvalue weighted by atomic mass is 16.5. The lowest BCUT2D eigenvalue weighted by molar-refractivity contribution is -0.118. The van der Waals surface area contributed by atoms with Crippen LogP contribution in [0.25, 0.3) is 0 Å². The highest BCUT2D eigenvalue weighted by Gasteiger charge is 2.25. The SMILES string of the molecule is COCN1CC(=O)NC1=O. The van der Waals surface area contributed by atoms with Gasteiger partial charge in [-0.2, -0.15) is 0 Å². The minimum absolute atomic E-state index is 0.104. The van der Waals surface area contributed by atoms with E-state index >= 15 is 0 Å². The molecule has 0 aliphatic carbocycles. The second kappa shape index (κ2) is 2.66. The van der Waals surface area contributed by atoms with Gasteiger partial charge in [-0.05, 0) is 0 Å². The summed E-state index contributed by atoms with van der Waals surface area (Å²) in [5, 5.41) is 2.12. The molecule has 1 heterocycles. The number of carbonyl (C=O) groups is 2. The fourth-order valence-electron chi connectivity index (χ4n) is 0.743. The van der Waals surface area contributed by atoms with Crippen molar-refractivity contribution in [2.45, 2.75) is 0 Å². The van der Waals surface area contributed by atoms with E-state index in [1.165, 1.54) is 12.0 Å². The maximum absolute atomic E-state index is 10.7. The van der Waals surface area contributed by atoms with Crippen LogP contribution in [0.5, 0.6) is 0 Å². The van der Waals surface area contributed by atoms with Crippen LogP contribution in [0.1, 0.15) is 0 Å². The number of imide groups is 1. The standard InChI is InChI=1S/C5H8N2O3/c1-10-3-7-2-4(8)6-5(7)9/h2-3H2,1H3,(H,6,8,9). The van der Waals surface area contributed by atoms with Gasteiger partial charge in [0.05, 0.1) is 0 Å². The summed E-state index contributed by atoms with van der Waals surface area (Å²) in [7, 11) is 1.47. The molecule has 0 bridgehead atoms. The van der Waals surface area contributed by atoms with Gasteiger partial charge in [0.2, 0.25) is 5.91 Å². The first-order valence-corrected chi connectivity index (χ1v) is 2.81. The number of amides is 3. The van der Waals surface area contributed by atoms with Crippen molar-refractivity contribution < 1.29 is 14.3 Å². The Morgan fingerprint density at radius 1 is 1.70 bits per heavy atom. The van der Waals surface area contributed by atoms with E-state index in [1.807, 2.05) is 0 Å². The zero-order chi connectivity index (χ0) is 7.56. The zero-order valence-electron chi connectivity index (χ0n) is 5.59. The summed E-state index contributed by atoms with van der Waals surface area (Å²) in [6.07, 6.45) is 0. The van der Waals surface area contributed by atoms with Crippen molar-refractivity contribution in [3.8, 4) is 0 Å². The summed E-state index contributed by atoms with van der Waals surface area (Å²) in [6.45, 7) is 0.268. The Morgan fingerprint density at radius 3 is 2.80 bits per heavy atom. The van der Waals surface area contributed by atoms with Crippen molar-refractivity contribution in [3.05, 3.63) is 0 Å². The van der Waals surface area contributed by atoms with E-state index in [4.69, 9.17) is 0 Å². The predicted octanol–water partition coefficient (Wildman–Crippen LogP) is -0.858. The number of hydrogen-bond acceptors (Lipinski definition) is 3. The highest BCUT2D eigenvalue weighted by Crippen LogP contribution is 1.96. The normalized spacial score (nSPS) is 17.9. The van der Waals surface area contributed by atoms with Gasteiger partial charge in [0, 0.05) is 7.11 Å². The van der Waals surface area contributed by atoms with Crippen molar-refractivity contribution >= 4 is 11.9 Å². The Kier molecular flexibility index (Phi) is 1.86. The fraction of sp³-hybridized carbons (Fsp3) is 0.600. The van der Waals surface area contributed by atoms with Gasteiger partial charge in [-0.1, -0.05) is 0 Å². The molecule has 0 unspecified atom stereocenters. The van der Waals surface area contributed by atoms with Crippen LogP contribution in [0.4, 0.5) is 4.79 Å². The molecule has 0 spiro atoms. The van der Waals surface area contributed by atoms with Gasteiger partial charge in [-0.25, -0.2) is 4.79 Å². The van der Waals surface area contributed by atoms with Gasteiger partial charge in [-0.15, -0.1) is 0 Å². The quantitative estimate of drug-likeness (QED) is 0.513. The Bertz CT molecular complexity index is 168. The third-order valence-corrected chi connectivity index (χ3v) is 1.15. The average molecular weight is 144 g/mol. The number of nitrogens with zero attached hydrogens (tertiary/aromatic N) is 1. The fourth-order valence-corrected chi connectivity index (χ4v) is 0.743. The van der Waals surface area contributed by atoms with E-state index in [-0.39, 0.29) is 25.2 Å². The monoisotopic (exact) mass is 144 g/mol. The number of carbonyl (C=O) groups excluding carboxylic acids is 2. The molecule has 56 valence electrons. The largest absolute Gasteiger partial charge is 0.364 e. The van der Waals surface area contributed by atoms with E-state index in [0.29, 0.717) is 0 Å². The lowest BCUT2D eigenvalue weighted by atomic mass is 10.6. The van der Waals surface area contributed by atoms with Crippen LogP contribution < -0.4 is 5.32 Å². The lowest BCUT2D eigenvalue weighted by Gasteiger charge is -2.09.